The van der Waals surface area contributed by atoms with Gasteiger partial charge in [-0.1, -0.05) is 13.0 Å². The Morgan fingerprint density at radius 3 is 2.22 bits per heavy atom. The second kappa shape index (κ2) is 8.18. The fraction of sp³-hybridized carbons (Fsp3) is 0.478. The van der Waals surface area contributed by atoms with Crippen molar-refractivity contribution in [3.05, 3.63) is 23.3 Å². The van der Waals surface area contributed by atoms with Crippen LogP contribution in [0.1, 0.15) is 28.8 Å². The van der Waals surface area contributed by atoms with Gasteiger partial charge in [0.05, 0.1) is 35.2 Å². The van der Waals surface area contributed by atoms with Crippen molar-refractivity contribution in [2.75, 3.05) is 19.4 Å². The van der Waals surface area contributed by atoms with Gasteiger partial charge in [-0.3, -0.25) is 28.9 Å². The molecule has 0 aliphatic heterocycles. The quantitative estimate of drug-likeness (QED) is 0.194. The maximum Gasteiger partial charge on any atom is 0.316 e. The largest absolute Gasteiger partial charge is 0.505 e. The highest BCUT2D eigenvalue weighted by atomic mass is 16.3. The standard InChI is InChI=1S/C23H26N4O9/c1-6-7-4-5-8(26-22(25)35)15(28)10(7)16(29)11-9(6)17(30)13-14(27(2)3)18(31)12(21(24)34)20(33)23(13,36)19(11)32/h4-6,9,11-14,17,28,30,36H,1-3H3,(H2,24,34)(H3,25,26,35)/t6-,9+,11?,12?,13+,14-,17-,23-/m0/s1. The van der Waals surface area contributed by atoms with Gasteiger partial charge in [0, 0.05) is 5.92 Å². The number of fused-ring (bicyclic) bond motifs is 3. The molecule has 0 saturated heterocycles. The lowest BCUT2D eigenvalue weighted by Gasteiger charge is -2.56. The molecule has 8 atom stereocenters. The third kappa shape index (κ3) is 3.13. The van der Waals surface area contributed by atoms with Gasteiger partial charge in [-0.05, 0) is 31.6 Å². The summed E-state index contributed by atoms with van der Waals surface area (Å²) in [6, 6.07) is 0.250. The topological polar surface area (TPSA) is 230 Å². The number of hydrogen-bond acceptors (Lipinski definition) is 10. The molecule has 192 valence electrons. The summed E-state index contributed by atoms with van der Waals surface area (Å²) in [6.45, 7) is 1.58. The van der Waals surface area contributed by atoms with Crippen molar-refractivity contribution >= 4 is 40.8 Å². The molecule has 2 fully saturated rings. The van der Waals surface area contributed by atoms with Crippen LogP contribution >= 0.6 is 0 Å². The Morgan fingerprint density at radius 1 is 1.08 bits per heavy atom. The molecule has 3 amide bonds. The van der Waals surface area contributed by atoms with Gasteiger partial charge in [0.1, 0.15) is 5.75 Å². The summed E-state index contributed by atoms with van der Waals surface area (Å²) in [5.74, 6) is -14.4. The smallest absolute Gasteiger partial charge is 0.316 e. The Morgan fingerprint density at radius 2 is 1.69 bits per heavy atom. The number of benzene rings is 1. The number of ketones is 4. The Kier molecular flexibility index (Phi) is 5.78. The maximum atomic E-state index is 13.8. The number of anilines is 1. The first-order valence-corrected chi connectivity index (χ1v) is 11.1. The summed E-state index contributed by atoms with van der Waals surface area (Å²) in [5.41, 5.74) is 6.98. The number of likely N-dealkylation sites (N-methyl/N-ethyl adjacent to an activating group) is 1. The van der Waals surface area contributed by atoms with Gasteiger partial charge in [0.25, 0.3) is 0 Å². The number of primary amides is 2. The van der Waals surface area contributed by atoms with E-state index in [0.717, 1.165) is 0 Å². The number of amides is 3. The summed E-state index contributed by atoms with van der Waals surface area (Å²) in [5, 5.41) is 35.9. The van der Waals surface area contributed by atoms with E-state index in [-0.39, 0.29) is 16.8 Å². The first-order valence-electron chi connectivity index (χ1n) is 11.1. The molecule has 0 aromatic heterocycles. The Labute approximate surface area is 204 Å². The fourth-order valence-corrected chi connectivity index (χ4v) is 6.22. The molecule has 1 aromatic carbocycles. The number of Topliss-reactive ketones (excluding diaryl/α,β-unsaturated/α-hetero) is 4. The number of nitrogens with zero attached hydrogens (tertiary/aromatic N) is 1. The van der Waals surface area contributed by atoms with E-state index < -0.39 is 88.2 Å². The van der Waals surface area contributed by atoms with Gasteiger partial charge in [-0.15, -0.1) is 0 Å². The summed E-state index contributed by atoms with van der Waals surface area (Å²) in [6.07, 6.45) is -1.72. The predicted octanol–water partition coefficient (Wildman–Crippen LogP) is -2.11. The number of aliphatic hydroxyl groups is 2. The van der Waals surface area contributed by atoms with E-state index in [1.807, 2.05) is 0 Å². The minimum Gasteiger partial charge on any atom is -0.505 e. The number of hydrogen-bond donors (Lipinski definition) is 6. The number of aliphatic hydroxyl groups excluding tert-OH is 1. The van der Waals surface area contributed by atoms with E-state index in [1.165, 1.54) is 31.1 Å². The van der Waals surface area contributed by atoms with Crippen molar-refractivity contribution in [2.45, 2.75) is 30.6 Å². The molecule has 1 aromatic rings. The van der Waals surface area contributed by atoms with E-state index in [9.17, 15) is 44.1 Å². The first-order chi connectivity index (χ1) is 16.7. The van der Waals surface area contributed by atoms with E-state index in [0.29, 0.717) is 0 Å². The Hall–Kier alpha value is -3.68. The highest BCUT2D eigenvalue weighted by Crippen LogP contribution is 2.55. The second-order valence-corrected chi connectivity index (χ2v) is 9.78. The van der Waals surface area contributed by atoms with Crippen LogP contribution in [0.15, 0.2) is 12.1 Å². The van der Waals surface area contributed by atoms with Crippen LogP contribution in [0, 0.1) is 23.7 Å². The molecule has 3 aliphatic carbocycles. The number of nitrogens with two attached hydrogens (primary N) is 2. The van der Waals surface area contributed by atoms with Gasteiger partial charge in [0.15, 0.2) is 34.7 Å². The molecule has 2 unspecified atom stereocenters. The molecule has 36 heavy (non-hydrogen) atoms. The van der Waals surface area contributed by atoms with Crippen LogP contribution < -0.4 is 16.8 Å². The van der Waals surface area contributed by atoms with Crippen molar-refractivity contribution in [3.63, 3.8) is 0 Å². The van der Waals surface area contributed by atoms with Crippen molar-refractivity contribution in [1.29, 1.82) is 0 Å². The summed E-state index contributed by atoms with van der Waals surface area (Å²) < 4.78 is 0. The molecule has 8 N–H and O–H groups in total. The lowest BCUT2D eigenvalue weighted by Crippen LogP contribution is -2.77. The Bertz CT molecular complexity index is 1240. The zero-order chi connectivity index (χ0) is 27.0. The van der Waals surface area contributed by atoms with Gasteiger partial charge >= 0.3 is 6.03 Å². The third-order valence-electron chi connectivity index (χ3n) is 7.75. The molecule has 0 bridgehead atoms. The van der Waals surface area contributed by atoms with Crippen LogP contribution in [0.3, 0.4) is 0 Å². The predicted molar refractivity (Wildman–Crippen MR) is 121 cm³/mol. The van der Waals surface area contributed by atoms with Crippen molar-refractivity contribution in [3.8, 4) is 5.75 Å². The molecule has 4 rings (SSSR count). The average molecular weight is 502 g/mol. The molecule has 3 aliphatic rings. The molecule has 0 radical (unpaired) electrons. The van der Waals surface area contributed by atoms with Crippen LogP contribution in [0.2, 0.25) is 0 Å². The van der Waals surface area contributed by atoms with E-state index >= 15 is 0 Å². The number of carbonyl (C=O) groups excluding carboxylic acids is 6. The van der Waals surface area contributed by atoms with Crippen molar-refractivity contribution in [2.24, 2.45) is 35.1 Å². The summed E-state index contributed by atoms with van der Waals surface area (Å²) >= 11 is 0. The fourth-order valence-electron chi connectivity index (χ4n) is 6.22. The highest BCUT2D eigenvalue weighted by Gasteiger charge is 2.72. The minimum absolute atomic E-state index is 0.207. The number of aromatic hydroxyl groups is 1. The summed E-state index contributed by atoms with van der Waals surface area (Å²) in [4.78, 5) is 78.3. The lowest BCUT2D eigenvalue weighted by atomic mass is 9.49. The molecule has 13 heteroatoms. The number of rotatable bonds is 3. The molecule has 0 spiro atoms. The molecule has 13 nitrogen and oxygen atoms in total. The van der Waals surface area contributed by atoms with Crippen LogP contribution in [0.5, 0.6) is 5.75 Å². The van der Waals surface area contributed by atoms with Crippen LogP contribution in [0.25, 0.3) is 0 Å². The Balaban J connectivity index is 1.94. The zero-order valence-electron chi connectivity index (χ0n) is 19.6. The van der Waals surface area contributed by atoms with Gasteiger partial charge in [-0.25, -0.2) is 4.79 Å². The second-order valence-electron chi connectivity index (χ2n) is 9.78. The van der Waals surface area contributed by atoms with Gasteiger partial charge < -0.3 is 32.1 Å². The summed E-state index contributed by atoms with van der Waals surface area (Å²) in [7, 11) is 2.83. The maximum absolute atomic E-state index is 13.8. The van der Waals surface area contributed by atoms with Gasteiger partial charge in [-0.2, -0.15) is 0 Å². The van der Waals surface area contributed by atoms with E-state index in [1.54, 1.807) is 6.92 Å². The van der Waals surface area contributed by atoms with E-state index in [4.69, 9.17) is 11.5 Å². The minimum atomic E-state index is -3.07. The number of carbonyl (C=O) groups is 6. The third-order valence-corrected chi connectivity index (χ3v) is 7.75. The van der Waals surface area contributed by atoms with Gasteiger partial charge in [0.2, 0.25) is 5.91 Å². The average Bonchev–Trinajstić information content (AvgIpc) is 2.77. The molecule has 2 saturated carbocycles. The van der Waals surface area contributed by atoms with Crippen LogP contribution in [0.4, 0.5) is 10.5 Å². The lowest BCUT2D eigenvalue weighted by molar-refractivity contribution is -0.196. The van der Waals surface area contributed by atoms with Crippen molar-refractivity contribution in [1.82, 2.24) is 4.90 Å². The number of nitrogens with one attached hydrogen (secondary N) is 1. The highest BCUT2D eigenvalue weighted by molar-refractivity contribution is 6.32. The normalized spacial score (nSPS) is 35.7. The number of phenols is 1. The monoisotopic (exact) mass is 502 g/mol. The molecular weight excluding hydrogens is 476 g/mol. The molecular formula is C23H26N4O9. The zero-order valence-corrected chi connectivity index (χ0v) is 19.6. The first kappa shape index (κ1) is 25.4. The van der Waals surface area contributed by atoms with E-state index in [2.05, 4.69) is 5.32 Å². The number of urea groups is 1. The van der Waals surface area contributed by atoms with Crippen LogP contribution in [-0.4, -0.2) is 87.1 Å². The van der Waals surface area contributed by atoms with Crippen LogP contribution in [-0.2, 0) is 19.2 Å². The number of phenolic OH excluding ortho intramolecular Hbond substituents is 1. The van der Waals surface area contributed by atoms with Crippen molar-refractivity contribution < 1.29 is 44.1 Å². The SMILES string of the molecule is C[C@H]1c2ccc(NC(N)=O)c(O)c2C(=O)C2C(=O)[C@]3(O)C(=O)C(C(N)=O)C(=O)[C@@H](N(C)C)[C@@H]3[C@@H](O)[C@@H]21. The molecule has 0 heterocycles.